The van der Waals surface area contributed by atoms with Crippen molar-refractivity contribution in [3.63, 3.8) is 0 Å². The van der Waals surface area contributed by atoms with E-state index in [1.54, 1.807) is 20.2 Å². The van der Waals surface area contributed by atoms with Crippen LogP contribution in [0.5, 0.6) is 0 Å². The molecule has 1 rings (SSSR count). The SMILES string of the molecule is CN(C)C(=O)N[C@@H](C(=O)O)C1=CCCC=C1. The average Bonchev–Trinajstić information content (AvgIpc) is 2.26. The summed E-state index contributed by atoms with van der Waals surface area (Å²) in [6, 6.07) is -1.38. The number of carboxylic acids is 1. The topological polar surface area (TPSA) is 69.6 Å². The molecule has 0 aromatic carbocycles. The van der Waals surface area contributed by atoms with Crippen LogP contribution in [0.2, 0.25) is 0 Å². The number of carbonyl (C=O) groups excluding carboxylic acids is 1. The Morgan fingerprint density at radius 3 is 2.56 bits per heavy atom. The maximum Gasteiger partial charge on any atom is 0.330 e. The van der Waals surface area contributed by atoms with Gasteiger partial charge in [0.1, 0.15) is 0 Å². The highest BCUT2D eigenvalue weighted by atomic mass is 16.4. The van der Waals surface area contributed by atoms with Gasteiger partial charge in [0, 0.05) is 14.1 Å². The minimum absolute atomic E-state index is 0.410. The van der Waals surface area contributed by atoms with Gasteiger partial charge in [-0.1, -0.05) is 18.2 Å². The Labute approximate surface area is 94.4 Å². The van der Waals surface area contributed by atoms with Crippen LogP contribution in [0.15, 0.2) is 23.8 Å². The van der Waals surface area contributed by atoms with Gasteiger partial charge in [-0.05, 0) is 18.4 Å². The van der Waals surface area contributed by atoms with Gasteiger partial charge in [-0.15, -0.1) is 0 Å². The van der Waals surface area contributed by atoms with Gasteiger partial charge in [-0.2, -0.15) is 0 Å². The van der Waals surface area contributed by atoms with Gasteiger partial charge in [0.2, 0.25) is 0 Å². The molecule has 0 aromatic rings. The van der Waals surface area contributed by atoms with E-state index in [9.17, 15) is 9.59 Å². The third-order valence-corrected chi connectivity index (χ3v) is 2.28. The first-order valence-corrected chi connectivity index (χ1v) is 5.09. The minimum Gasteiger partial charge on any atom is -0.479 e. The first-order valence-electron chi connectivity index (χ1n) is 5.09. The Kier molecular flexibility index (Phi) is 4.10. The summed E-state index contributed by atoms with van der Waals surface area (Å²) in [6.45, 7) is 0. The molecule has 0 fully saturated rings. The molecule has 0 spiro atoms. The molecule has 5 heteroatoms. The molecule has 0 saturated heterocycles. The fourth-order valence-corrected chi connectivity index (χ4v) is 1.39. The van der Waals surface area contributed by atoms with Crippen molar-refractivity contribution in [2.45, 2.75) is 18.9 Å². The van der Waals surface area contributed by atoms with Crippen molar-refractivity contribution in [2.24, 2.45) is 0 Å². The molecule has 1 aliphatic rings. The Hall–Kier alpha value is -1.78. The zero-order chi connectivity index (χ0) is 12.1. The second kappa shape index (κ2) is 5.34. The van der Waals surface area contributed by atoms with E-state index >= 15 is 0 Å². The predicted molar refractivity (Wildman–Crippen MR) is 60.1 cm³/mol. The average molecular weight is 224 g/mol. The molecule has 1 atom stereocenters. The Morgan fingerprint density at radius 1 is 1.44 bits per heavy atom. The number of aliphatic carboxylic acids is 1. The molecule has 0 heterocycles. The molecule has 0 aromatic heterocycles. The van der Waals surface area contributed by atoms with Gasteiger partial charge in [0.15, 0.2) is 6.04 Å². The Morgan fingerprint density at radius 2 is 2.12 bits per heavy atom. The third kappa shape index (κ3) is 3.12. The van der Waals surface area contributed by atoms with Crippen molar-refractivity contribution >= 4 is 12.0 Å². The van der Waals surface area contributed by atoms with Crippen molar-refractivity contribution in [3.05, 3.63) is 23.8 Å². The first-order chi connectivity index (χ1) is 7.52. The first kappa shape index (κ1) is 12.3. The van der Waals surface area contributed by atoms with E-state index in [2.05, 4.69) is 5.32 Å². The van der Waals surface area contributed by atoms with Crippen LogP contribution >= 0.6 is 0 Å². The standard InChI is InChI=1S/C11H16N2O3/c1-13(2)11(16)12-9(10(14)15)8-6-4-3-5-7-8/h4,6-7,9H,3,5H2,1-2H3,(H,12,16)(H,14,15)/t9-/m1/s1. The second-order valence-corrected chi connectivity index (χ2v) is 3.80. The van der Waals surface area contributed by atoms with Crippen molar-refractivity contribution in [1.82, 2.24) is 10.2 Å². The molecular weight excluding hydrogens is 208 g/mol. The molecule has 2 amide bonds. The summed E-state index contributed by atoms with van der Waals surface area (Å²) in [5, 5.41) is 11.5. The summed E-state index contributed by atoms with van der Waals surface area (Å²) in [4.78, 5) is 23.8. The van der Waals surface area contributed by atoms with Crippen molar-refractivity contribution in [2.75, 3.05) is 14.1 Å². The van der Waals surface area contributed by atoms with Crippen LogP contribution in [0.25, 0.3) is 0 Å². The number of rotatable bonds is 3. The van der Waals surface area contributed by atoms with Crippen LogP contribution in [0.1, 0.15) is 12.8 Å². The van der Waals surface area contributed by atoms with E-state index in [0.29, 0.717) is 5.57 Å². The highest BCUT2D eigenvalue weighted by Gasteiger charge is 2.23. The van der Waals surface area contributed by atoms with E-state index in [-0.39, 0.29) is 0 Å². The van der Waals surface area contributed by atoms with E-state index in [4.69, 9.17) is 5.11 Å². The zero-order valence-electron chi connectivity index (χ0n) is 9.43. The molecular formula is C11H16N2O3. The molecule has 1 aliphatic carbocycles. The monoisotopic (exact) mass is 224 g/mol. The number of carboxylic acid groups (broad SMARTS) is 1. The van der Waals surface area contributed by atoms with Gasteiger partial charge < -0.3 is 15.3 Å². The summed E-state index contributed by atoms with van der Waals surface area (Å²) in [6.07, 6.45) is 7.23. The number of hydrogen-bond donors (Lipinski definition) is 2. The summed E-state index contributed by atoms with van der Waals surface area (Å²) in [5.41, 5.74) is 0.633. The van der Waals surface area contributed by atoms with E-state index < -0.39 is 18.0 Å². The van der Waals surface area contributed by atoms with Gasteiger partial charge in [0.25, 0.3) is 0 Å². The van der Waals surface area contributed by atoms with Crippen molar-refractivity contribution in [3.8, 4) is 0 Å². The predicted octanol–water partition coefficient (Wildman–Crippen LogP) is 0.987. The molecule has 0 aliphatic heterocycles. The van der Waals surface area contributed by atoms with E-state index in [1.165, 1.54) is 4.90 Å². The van der Waals surface area contributed by atoms with Crippen LogP contribution in [0, 0.1) is 0 Å². The normalized spacial score (nSPS) is 16.2. The molecule has 16 heavy (non-hydrogen) atoms. The van der Waals surface area contributed by atoms with Crippen LogP contribution in [0.3, 0.4) is 0 Å². The molecule has 0 unspecified atom stereocenters. The maximum absolute atomic E-state index is 11.4. The number of nitrogens with one attached hydrogen (secondary N) is 1. The quantitative estimate of drug-likeness (QED) is 0.751. The van der Waals surface area contributed by atoms with Crippen LogP contribution in [0.4, 0.5) is 4.79 Å². The highest BCUT2D eigenvalue weighted by Crippen LogP contribution is 2.13. The molecule has 0 bridgehead atoms. The lowest BCUT2D eigenvalue weighted by molar-refractivity contribution is -0.138. The number of urea groups is 1. The second-order valence-electron chi connectivity index (χ2n) is 3.80. The fourth-order valence-electron chi connectivity index (χ4n) is 1.39. The largest absolute Gasteiger partial charge is 0.479 e. The highest BCUT2D eigenvalue weighted by molar-refractivity contribution is 5.85. The van der Waals surface area contributed by atoms with Gasteiger partial charge in [-0.25, -0.2) is 9.59 Å². The lowest BCUT2D eigenvalue weighted by Crippen LogP contribution is -2.46. The lowest BCUT2D eigenvalue weighted by atomic mass is 10.0. The van der Waals surface area contributed by atoms with Crippen molar-refractivity contribution in [1.29, 1.82) is 0 Å². The number of amides is 2. The summed E-state index contributed by atoms with van der Waals surface area (Å²) < 4.78 is 0. The van der Waals surface area contributed by atoms with Gasteiger partial charge in [-0.3, -0.25) is 0 Å². The van der Waals surface area contributed by atoms with Gasteiger partial charge in [0.05, 0.1) is 0 Å². The maximum atomic E-state index is 11.4. The molecule has 88 valence electrons. The fraction of sp³-hybridized carbons (Fsp3) is 0.455. The van der Waals surface area contributed by atoms with Crippen LogP contribution in [-0.4, -0.2) is 42.1 Å². The third-order valence-electron chi connectivity index (χ3n) is 2.28. The minimum atomic E-state index is -1.05. The lowest BCUT2D eigenvalue weighted by Gasteiger charge is -2.20. The van der Waals surface area contributed by atoms with E-state index in [1.807, 2.05) is 12.2 Å². The summed E-state index contributed by atoms with van der Waals surface area (Å²) >= 11 is 0. The number of nitrogens with zero attached hydrogens (tertiary/aromatic N) is 1. The zero-order valence-corrected chi connectivity index (χ0v) is 9.43. The van der Waals surface area contributed by atoms with Crippen LogP contribution in [-0.2, 0) is 4.79 Å². The number of carbonyl (C=O) groups is 2. The number of allylic oxidation sites excluding steroid dienone is 2. The summed E-state index contributed by atoms with van der Waals surface area (Å²) in [5.74, 6) is -1.05. The Bertz CT molecular complexity index is 345. The molecule has 0 saturated carbocycles. The number of hydrogen-bond acceptors (Lipinski definition) is 2. The smallest absolute Gasteiger partial charge is 0.330 e. The van der Waals surface area contributed by atoms with Crippen molar-refractivity contribution < 1.29 is 14.7 Å². The molecule has 5 nitrogen and oxygen atoms in total. The molecule has 0 radical (unpaired) electrons. The van der Waals surface area contributed by atoms with Gasteiger partial charge >= 0.3 is 12.0 Å². The molecule has 2 N–H and O–H groups in total. The Balaban J connectivity index is 2.76. The van der Waals surface area contributed by atoms with E-state index in [0.717, 1.165) is 12.8 Å². The summed E-state index contributed by atoms with van der Waals surface area (Å²) in [7, 11) is 3.14. The van der Waals surface area contributed by atoms with Crippen LogP contribution < -0.4 is 5.32 Å².